The fourth-order valence-corrected chi connectivity index (χ4v) is 4.13. The van der Waals surface area contributed by atoms with Gasteiger partial charge in [0.05, 0.1) is 24.6 Å². The Bertz CT molecular complexity index is 1340. The maximum atomic E-state index is 12.4. The number of thioether (sulfide) groups is 1. The summed E-state index contributed by atoms with van der Waals surface area (Å²) in [5.74, 6) is 0.0840. The highest BCUT2D eigenvalue weighted by atomic mass is 79.9. The second-order valence-electron chi connectivity index (χ2n) is 7.18. The third-order valence-corrected chi connectivity index (χ3v) is 6.27. The van der Waals surface area contributed by atoms with Crippen molar-refractivity contribution in [3.63, 3.8) is 0 Å². The van der Waals surface area contributed by atoms with Crippen molar-refractivity contribution < 1.29 is 14.3 Å². The second kappa shape index (κ2) is 11.6. The summed E-state index contributed by atoms with van der Waals surface area (Å²) in [6, 6.07) is 24.2. The third kappa shape index (κ3) is 6.23. The van der Waals surface area contributed by atoms with Crippen molar-refractivity contribution in [2.75, 3.05) is 12.9 Å². The van der Waals surface area contributed by atoms with Gasteiger partial charge in [-0.3, -0.25) is 9.36 Å². The highest BCUT2D eigenvalue weighted by Crippen LogP contribution is 2.28. The average molecular weight is 550 g/mol. The van der Waals surface area contributed by atoms with E-state index in [9.17, 15) is 9.59 Å². The molecule has 0 aliphatic rings. The van der Waals surface area contributed by atoms with Crippen molar-refractivity contribution in [1.29, 1.82) is 0 Å². The van der Waals surface area contributed by atoms with Crippen LogP contribution >= 0.6 is 27.7 Å². The Morgan fingerprint density at radius 3 is 2.43 bits per heavy atom. The fraction of sp³-hybridized carbons (Fsp3) is 0.0800. The van der Waals surface area contributed by atoms with Gasteiger partial charge in [-0.1, -0.05) is 70.2 Å². The van der Waals surface area contributed by atoms with Crippen molar-refractivity contribution >= 4 is 45.8 Å². The highest BCUT2D eigenvalue weighted by molar-refractivity contribution is 9.10. The number of esters is 1. The molecule has 176 valence electrons. The van der Waals surface area contributed by atoms with Crippen molar-refractivity contribution in [3.05, 3.63) is 94.5 Å². The van der Waals surface area contributed by atoms with Crippen LogP contribution in [0.2, 0.25) is 0 Å². The van der Waals surface area contributed by atoms with Gasteiger partial charge in [-0.15, -0.1) is 10.2 Å². The topological polar surface area (TPSA) is 98.5 Å². The summed E-state index contributed by atoms with van der Waals surface area (Å²) in [6.45, 7) is 0. The molecule has 1 heterocycles. The van der Waals surface area contributed by atoms with Gasteiger partial charge in [-0.05, 0) is 42.0 Å². The molecule has 3 aromatic carbocycles. The SMILES string of the molecule is COC(=O)c1ccc(/C=N\NC(=O)CSc2nnc(-c3ccccc3)n2-c2ccc(Br)cc2)cc1. The number of carbonyl (C=O) groups is 2. The van der Waals surface area contributed by atoms with Gasteiger partial charge in [0.2, 0.25) is 0 Å². The molecule has 4 rings (SSSR count). The van der Waals surface area contributed by atoms with Crippen LogP contribution in [0.5, 0.6) is 0 Å². The second-order valence-corrected chi connectivity index (χ2v) is 9.04. The summed E-state index contributed by atoms with van der Waals surface area (Å²) in [4.78, 5) is 23.9. The standard InChI is InChI=1S/C25H20BrN5O3S/c1-34-24(33)19-9-7-17(8-10-19)15-27-28-22(32)16-35-25-30-29-23(18-5-3-2-4-6-18)31(25)21-13-11-20(26)12-14-21/h2-15H,16H2,1H3,(H,28,32)/b27-15-. The normalized spacial score (nSPS) is 10.9. The molecule has 0 saturated carbocycles. The first-order valence-corrected chi connectivity index (χ1v) is 12.2. The van der Waals surface area contributed by atoms with Crippen LogP contribution in [-0.4, -0.2) is 45.7 Å². The fourth-order valence-electron chi connectivity index (χ4n) is 3.12. The minimum atomic E-state index is -0.412. The summed E-state index contributed by atoms with van der Waals surface area (Å²) in [5, 5.41) is 13.3. The molecular formula is C25H20BrN5O3S. The molecule has 0 saturated heterocycles. The molecule has 0 aliphatic carbocycles. The Hall–Kier alpha value is -3.76. The Balaban J connectivity index is 1.44. The van der Waals surface area contributed by atoms with Crippen LogP contribution in [0.15, 0.2) is 93.6 Å². The molecule has 0 bridgehead atoms. The molecule has 10 heteroatoms. The maximum absolute atomic E-state index is 12.4. The lowest BCUT2D eigenvalue weighted by Gasteiger charge is -2.10. The van der Waals surface area contributed by atoms with Gasteiger partial charge in [-0.25, -0.2) is 10.2 Å². The molecule has 4 aromatic rings. The van der Waals surface area contributed by atoms with E-state index in [-0.39, 0.29) is 11.7 Å². The molecule has 0 fully saturated rings. The monoisotopic (exact) mass is 549 g/mol. The molecule has 0 radical (unpaired) electrons. The lowest BCUT2D eigenvalue weighted by Crippen LogP contribution is -2.20. The molecule has 0 aliphatic heterocycles. The van der Waals surface area contributed by atoms with Crippen LogP contribution < -0.4 is 5.43 Å². The van der Waals surface area contributed by atoms with Crippen LogP contribution in [0.1, 0.15) is 15.9 Å². The lowest BCUT2D eigenvalue weighted by molar-refractivity contribution is -0.118. The van der Waals surface area contributed by atoms with Gasteiger partial charge >= 0.3 is 5.97 Å². The van der Waals surface area contributed by atoms with Crippen LogP contribution in [-0.2, 0) is 9.53 Å². The zero-order valence-electron chi connectivity index (χ0n) is 18.6. The highest BCUT2D eigenvalue weighted by Gasteiger charge is 2.17. The lowest BCUT2D eigenvalue weighted by atomic mass is 10.1. The van der Waals surface area contributed by atoms with E-state index in [0.29, 0.717) is 16.5 Å². The number of amides is 1. The quantitative estimate of drug-likeness (QED) is 0.148. The Morgan fingerprint density at radius 1 is 1.03 bits per heavy atom. The summed E-state index contributed by atoms with van der Waals surface area (Å²) in [6.07, 6.45) is 1.50. The van der Waals surface area contributed by atoms with Crippen LogP contribution in [0.3, 0.4) is 0 Å². The van der Waals surface area contributed by atoms with Crippen molar-refractivity contribution in [2.24, 2.45) is 5.10 Å². The van der Waals surface area contributed by atoms with E-state index in [4.69, 9.17) is 0 Å². The van der Waals surface area contributed by atoms with Crippen molar-refractivity contribution in [2.45, 2.75) is 5.16 Å². The van der Waals surface area contributed by atoms with Gasteiger partial charge in [0.25, 0.3) is 5.91 Å². The van der Waals surface area contributed by atoms with Gasteiger partial charge in [0, 0.05) is 15.7 Å². The number of carbonyl (C=O) groups excluding carboxylic acids is 2. The number of hydrogen-bond donors (Lipinski definition) is 1. The summed E-state index contributed by atoms with van der Waals surface area (Å²) in [7, 11) is 1.33. The van der Waals surface area contributed by atoms with Crippen molar-refractivity contribution in [1.82, 2.24) is 20.2 Å². The van der Waals surface area contributed by atoms with Gasteiger partial charge in [0.1, 0.15) is 0 Å². The molecule has 1 aromatic heterocycles. The smallest absolute Gasteiger partial charge is 0.337 e. The Morgan fingerprint density at radius 2 is 1.74 bits per heavy atom. The number of nitrogens with zero attached hydrogens (tertiary/aromatic N) is 4. The van der Waals surface area contributed by atoms with Crippen molar-refractivity contribution in [3.8, 4) is 17.1 Å². The summed E-state index contributed by atoms with van der Waals surface area (Å²) >= 11 is 4.73. The van der Waals surface area contributed by atoms with E-state index in [0.717, 1.165) is 21.3 Å². The van der Waals surface area contributed by atoms with E-state index >= 15 is 0 Å². The predicted octanol–water partition coefficient (Wildman–Crippen LogP) is 4.73. The van der Waals surface area contributed by atoms with Gasteiger partial charge in [0.15, 0.2) is 11.0 Å². The van der Waals surface area contributed by atoms with Crippen LogP contribution in [0, 0.1) is 0 Å². The minimum Gasteiger partial charge on any atom is -0.465 e. The predicted molar refractivity (Wildman–Crippen MR) is 139 cm³/mol. The summed E-state index contributed by atoms with van der Waals surface area (Å²) in [5.41, 5.74) is 5.48. The van der Waals surface area contributed by atoms with Crippen LogP contribution in [0.4, 0.5) is 0 Å². The largest absolute Gasteiger partial charge is 0.465 e. The molecular weight excluding hydrogens is 530 g/mol. The molecule has 1 amide bonds. The first-order chi connectivity index (χ1) is 17.0. The number of aromatic nitrogens is 3. The molecule has 8 nitrogen and oxygen atoms in total. The van der Waals surface area contributed by atoms with E-state index in [1.165, 1.54) is 25.1 Å². The average Bonchev–Trinajstić information content (AvgIpc) is 3.32. The van der Waals surface area contributed by atoms with E-state index < -0.39 is 5.97 Å². The molecule has 1 N–H and O–H groups in total. The number of hydrogen-bond acceptors (Lipinski definition) is 7. The molecule has 0 spiro atoms. The Kier molecular flexibility index (Phi) is 8.07. The first-order valence-electron chi connectivity index (χ1n) is 10.4. The zero-order valence-corrected chi connectivity index (χ0v) is 21.0. The molecule has 35 heavy (non-hydrogen) atoms. The van der Waals surface area contributed by atoms with E-state index in [1.807, 2.05) is 59.2 Å². The summed E-state index contributed by atoms with van der Waals surface area (Å²) < 4.78 is 7.56. The third-order valence-electron chi connectivity index (χ3n) is 4.82. The number of hydrazone groups is 1. The number of benzene rings is 3. The minimum absolute atomic E-state index is 0.0993. The number of halogens is 1. The number of rotatable bonds is 8. The number of nitrogens with one attached hydrogen (secondary N) is 1. The first kappa shape index (κ1) is 24.4. The van der Waals surface area contributed by atoms with Gasteiger partial charge < -0.3 is 4.74 Å². The number of ether oxygens (including phenoxy) is 1. The van der Waals surface area contributed by atoms with E-state index in [2.05, 4.69) is 41.4 Å². The maximum Gasteiger partial charge on any atom is 0.337 e. The molecule has 0 unspecified atom stereocenters. The zero-order chi connectivity index (χ0) is 24.6. The van der Waals surface area contributed by atoms with Crippen LogP contribution in [0.25, 0.3) is 17.1 Å². The van der Waals surface area contributed by atoms with E-state index in [1.54, 1.807) is 24.3 Å². The Labute approximate surface area is 214 Å². The van der Waals surface area contributed by atoms with Gasteiger partial charge in [-0.2, -0.15) is 5.10 Å². The number of methoxy groups -OCH3 is 1. The molecule has 0 atom stereocenters.